The molecule has 1 N–H and O–H groups in total. The summed E-state index contributed by atoms with van der Waals surface area (Å²) in [4.78, 5) is 13.6. The van der Waals surface area contributed by atoms with E-state index < -0.39 is 0 Å². The summed E-state index contributed by atoms with van der Waals surface area (Å²) in [7, 11) is 0. The highest BCUT2D eigenvalue weighted by atomic mass is 16.5. The van der Waals surface area contributed by atoms with Gasteiger partial charge in [0.15, 0.2) is 0 Å². The standard InChI is InChI=1S/C31H36N2O2/c1-21(2)15-30(27-17-23(4)16-24(5)18-27)33-31(34)29-19-28(13-12-26(29)7-6-14-32)35-20-25-10-8-22(3)9-11-25/h8-13,16-19,21,30H,6-7,15,20H2,1-5H3,(H,33,34). The van der Waals surface area contributed by atoms with Crippen molar-refractivity contribution < 1.29 is 9.53 Å². The third-order valence-corrected chi connectivity index (χ3v) is 6.02. The second-order valence-corrected chi connectivity index (χ2v) is 9.83. The Morgan fingerprint density at radius 2 is 1.63 bits per heavy atom. The quantitative estimate of drug-likeness (QED) is 0.343. The van der Waals surface area contributed by atoms with E-state index in [1.165, 1.54) is 16.7 Å². The van der Waals surface area contributed by atoms with Gasteiger partial charge in [-0.1, -0.05) is 79.1 Å². The Hall–Kier alpha value is -3.58. The van der Waals surface area contributed by atoms with Crippen molar-refractivity contribution in [1.29, 1.82) is 5.26 Å². The van der Waals surface area contributed by atoms with E-state index in [0.29, 0.717) is 36.7 Å². The highest BCUT2D eigenvalue weighted by molar-refractivity contribution is 5.96. The molecule has 0 radical (unpaired) electrons. The number of aryl methyl sites for hydroxylation is 4. The van der Waals surface area contributed by atoms with Crippen LogP contribution in [0.25, 0.3) is 0 Å². The van der Waals surface area contributed by atoms with E-state index in [1.54, 1.807) is 0 Å². The van der Waals surface area contributed by atoms with Crippen molar-refractivity contribution in [3.8, 4) is 11.8 Å². The third-order valence-electron chi connectivity index (χ3n) is 6.02. The summed E-state index contributed by atoms with van der Waals surface area (Å²) >= 11 is 0. The molecule has 1 atom stereocenters. The van der Waals surface area contributed by atoms with E-state index in [2.05, 4.69) is 76.3 Å². The Morgan fingerprint density at radius 3 is 2.26 bits per heavy atom. The van der Waals surface area contributed by atoms with Crippen LogP contribution in [-0.2, 0) is 13.0 Å². The van der Waals surface area contributed by atoms with Crippen molar-refractivity contribution in [2.45, 2.75) is 66.5 Å². The zero-order valence-corrected chi connectivity index (χ0v) is 21.5. The largest absolute Gasteiger partial charge is 0.489 e. The third kappa shape index (κ3) is 7.72. The number of ether oxygens (including phenoxy) is 1. The van der Waals surface area contributed by atoms with Gasteiger partial charge in [0.2, 0.25) is 0 Å². The van der Waals surface area contributed by atoms with E-state index in [1.807, 2.05) is 30.3 Å². The Balaban J connectivity index is 1.86. The van der Waals surface area contributed by atoms with Crippen molar-refractivity contribution in [2.75, 3.05) is 0 Å². The first kappa shape index (κ1) is 26.0. The number of carbonyl (C=O) groups is 1. The summed E-state index contributed by atoms with van der Waals surface area (Å²) in [6.07, 6.45) is 1.72. The molecule has 182 valence electrons. The molecule has 0 bridgehead atoms. The molecule has 3 aromatic carbocycles. The van der Waals surface area contributed by atoms with Crippen molar-refractivity contribution in [2.24, 2.45) is 5.92 Å². The molecule has 4 nitrogen and oxygen atoms in total. The lowest BCUT2D eigenvalue weighted by atomic mass is 9.93. The highest BCUT2D eigenvalue weighted by Crippen LogP contribution is 2.26. The van der Waals surface area contributed by atoms with Gasteiger partial charge in [0, 0.05) is 12.0 Å². The first-order valence-electron chi connectivity index (χ1n) is 12.3. The van der Waals surface area contributed by atoms with Gasteiger partial charge in [0.1, 0.15) is 12.4 Å². The first-order valence-corrected chi connectivity index (χ1v) is 12.3. The lowest BCUT2D eigenvalue weighted by Gasteiger charge is -2.23. The number of nitriles is 1. The molecule has 0 aliphatic heterocycles. The van der Waals surface area contributed by atoms with Gasteiger partial charge in [-0.05, 0) is 68.4 Å². The molecule has 0 saturated carbocycles. The van der Waals surface area contributed by atoms with E-state index >= 15 is 0 Å². The number of nitrogens with one attached hydrogen (secondary N) is 1. The smallest absolute Gasteiger partial charge is 0.252 e. The predicted octanol–water partition coefficient (Wildman–Crippen LogP) is 7.16. The van der Waals surface area contributed by atoms with E-state index in [4.69, 9.17) is 10.00 Å². The van der Waals surface area contributed by atoms with Gasteiger partial charge < -0.3 is 10.1 Å². The molecular formula is C31H36N2O2. The molecular weight excluding hydrogens is 432 g/mol. The summed E-state index contributed by atoms with van der Waals surface area (Å²) in [5, 5.41) is 12.4. The summed E-state index contributed by atoms with van der Waals surface area (Å²) in [6.45, 7) is 11.0. The van der Waals surface area contributed by atoms with Crippen LogP contribution in [0.15, 0.2) is 60.7 Å². The maximum absolute atomic E-state index is 13.6. The average molecular weight is 469 g/mol. The zero-order chi connectivity index (χ0) is 25.4. The van der Waals surface area contributed by atoms with Crippen molar-refractivity contribution in [3.05, 3.63) is 99.6 Å². The van der Waals surface area contributed by atoms with E-state index in [0.717, 1.165) is 23.1 Å². The van der Waals surface area contributed by atoms with Crippen molar-refractivity contribution >= 4 is 5.91 Å². The molecule has 0 aromatic heterocycles. The second kappa shape index (κ2) is 12.2. The fourth-order valence-corrected chi connectivity index (χ4v) is 4.31. The molecule has 35 heavy (non-hydrogen) atoms. The predicted molar refractivity (Wildman–Crippen MR) is 141 cm³/mol. The van der Waals surface area contributed by atoms with Crippen LogP contribution in [0.1, 0.15) is 76.5 Å². The van der Waals surface area contributed by atoms with Gasteiger partial charge in [0.25, 0.3) is 5.91 Å². The van der Waals surface area contributed by atoms with Crippen LogP contribution >= 0.6 is 0 Å². The van der Waals surface area contributed by atoms with Crippen molar-refractivity contribution in [3.63, 3.8) is 0 Å². The lowest BCUT2D eigenvalue weighted by Crippen LogP contribution is -2.30. The van der Waals surface area contributed by atoms with E-state index in [9.17, 15) is 4.79 Å². The Kier molecular flexibility index (Phi) is 9.09. The second-order valence-electron chi connectivity index (χ2n) is 9.83. The van der Waals surface area contributed by atoms with Crippen LogP contribution < -0.4 is 10.1 Å². The number of hydrogen-bond acceptors (Lipinski definition) is 3. The minimum absolute atomic E-state index is 0.0953. The molecule has 1 amide bonds. The van der Waals surface area contributed by atoms with Gasteiger partial charge in [0.05, 0.1) is 12.1 Å². The molecule has 0 fully saturated rings. The van der Waals surface area contributed by atoms with Crippen LogP contribution in [0.2, 0.25) is 0 Å². The highest BCUT2D eigenvalue weighted by Gasteiger charge is 2.20. The van der Waals surface area contributed by atoms with Crippen LogP contribution in [0.5, 0.6) is 5.75 Å². The fourth-order valence-electron chi connectivity index (χ4n) is 4.31. The summed E-state index contributed by atoms with van der Waals surface area (Å²) < 4.78 is 6.02. The van der Waals surface area contributed by atoms with Gasteiger partial charge in [-0.2, -0.15) is 5.26 Å². The molecule has 0 saturated heterocycles. The SMILES string of the molecule is Cc1ccc(COc2ccc(CCC#N)c(C(=O)NC(CC(C)C)c3cc(C)cc(C)c3)c2)cc1. The molecule has 1 unspecified atom stereocenters. The summed E-state index contributed by atoms with van der Waals surface area (Å²) in [5.74, 6) is 0.926. The Labute approximate surface area is 210 Å². The van der Waals surface area contributed by atoms with Crippen LogP contribution in [0, 0.1) is 38.0 Å². The van der Waals surface area contributed by atoms with Crippen molar-refractivity contribution in [1.82, 2.24) is 5.32 Å². The maximum Gasteiger partial charge on any atom is 0.252 e. The maximum atomic E-state index is 13.6. The van der Waals surface area contributed by atoms with Crippen LogP contribution in [-0.4, -0.2) is 5.91 Å². The first-order chi connectivity index (χ1) is 16.7. The number of hydrogen-bond donors (Lipinski definition) is 1. The average Bonchev–Trinajstić information content (AvgIpc) is 2.81. The number of amides is 1. The topological polar surface area (TPSA) is 62.1 Å². The van der Waals surface area contributed by atoms with Gasteiger partial charge in [-0.15, -0.1) is 0 Å². The Bertz CT molecular complexity index is 1170. The number of benzene rings is 3. The monoisotopic (exact) mass is 468 g/mol. The molecule has 0 spiro atoms. The lowest BCUT2D eigenvalue weighted by molar-refractivity contribution is 0.0930. The number of rotatable bonds is 10. The van der Waals surface area contributed by atoms with Gasteiger partial charge in [-0.3, -0.25) is 4.79 Å². The number of carbonyl (C=O) groups excluding carboxylic acids is 1. The minimum Gasteiger partial charge on any atom is -0.489 e. The molecule has 3 rings (SSSR count). The van der Waals surface area contributed by atoms with Crippen LogP contribution in [0.4, 0.5) is 0 Å². The molecule has 0 aliphatic carbocycles. The van der Waals surface area contributed by atoms with Crippen LogP contribution in [0.3, 0.4) is 0 Å². The molecule has 3 aromatic rings. The molecule has 0 heterocycles. The summed E-state index contributed by atoms with van der Waals surface area (Å²) in [6, 6.07) is 22.4. The molecule has 4 heteroatoms. The minimum atomic E-state index is -0.136. The zero-order valence-electron chi connectivity index (χ0n) is 21.5. The van der Waals surface area contributed by atoms with Gasteiger partial charge >= 0.3 is 0 Å². The number of nitrogens with zero attached hydrogens (tertiary/aromatic N) is 1. The van der Waals surface area contributed by atoms with Gasteiger partial charge in [-0.25, -0.2) is 0 Å². The Morgan fingerprint density at radius 1 is 0.943 bits per heavy atom. The van der Waals surface area contributed by atoms with E-state index in [-0.39, 0.29) is 11.9 Å². The molecule has 0 aliphatic rings. The normalized spacial score (nSPS) is 11.7. The fraction of sp³-hybridized carbons (Fsp3) is 0.355. The summed E-state index contributed by atoms with van der Waals surface area (Å²) in [5.41, 5.74) is 7.19.